The molecule has 32 heavy (non-hydrogen) atoms. The van der Waals surface area contributed by atoms with E-state index in [1.807, 2.05) is 24.3 Å². The summed E-state index contributed by atoms with van der Waals surface area (Å²) in [6.07, 6.45) is 4.52. The van der Waals surface area contributed by atoms with Gasteiger partial charge in [0.2, 0.25) is 21.8 Å². The normalized spacial score (nSPS) is 17.3. The summed E-state index contributed by atoms with van der Waals surface area (Å²) in [6, 6.07) is 14.5. The van der Waals surface area contributed by atoms with Gasteiger partial charge in [0.05, 0.1) is 23.9 Å². The van der Waals surface area contributed by atoms with E-state index in [1.165, 1.54) is 5.56 Å². The lowest BCUT2D eigenvalue weighted by molar-refractivity contribution is -0.126. The Labute approximate surface area is 190 Å². The summed E-state index contributed by atoms with van der Waals surface area (Å²) >= 11 is 0. The van der Waals surface area contributed by atoms with Crippen LogP contribution in [0.3, 0.4) is 0 Å². The number of carbonyl (C=O) groups is 2. The number of rotatable bonds is 9. The van der Waals surface area contributed by atoms with Crippen molar-refractivity contribution in [3.63, 3.8) is 0 Å². The molecule has 1 heterocycles. The number of carbonyl (C=O) groups excluding carboxylic acids is 2. The molecule has 0 aromatic heterocycles. The van der Waals surface area contributed by atoms with E-state index in [0.717, 1.165) is 31.2 Å². The summed E-state index contributed by atoms with van der Waals surface area (Å²) in [6.45, 7) is 4.28. The molecule has 2 atom stereocenters. The summed E-state index contributed by atoms with van der Waals surface area (Å²) in [5.41, 5.74) is 3.14. The van der Waals surface area contributed by atoms with Crippen LogP contribution in [-0.2, 0) is 26.0 Å². The Hall–Kier alpha value is -2.87. The maximum Gasteiger partial charge on any atom is 0.229 e. The molecule has 0 radical (unpaired) electrons. The van der Waals surface area contributed by atoms with Crippen molar-refractivity contribution in [1.82, 2.24) is 5.32 Å². The van der Waals surface area contributed by atoms with Gasteiger partial charge in [0.25, 0.3) is 0 Å². The molecule has 0 spiro atoms. The standard InChI is InChI=1S/C24H31N3O4S/c1-4-5-8-18-11-13-20(14-12-18)27-16-19(15-23(27)28)24(29)25-17(2)21-9-6-7-10-22(21)26-32(3,30)31/h6-7,9-14,17,19,26H,4-5,8,15-16H2,1-3H3,(H,25,29). The van der Waals surface area contributed by atoms with Gasteiger partial charge < -0.3 is 10.2 Å². The molecular formula is C24H31N3O4S. The third kappa shape index (κ3) is 6.09. The molecule has 7 nitrogen and oxygen atoms in total. The van der Waals surface area contributed by atoms with Gasteiger partial charge in [-0.25, -0.2) is 8.42 Å². The second-order valence-electron chi connectivity index (χ2n) is 8.37. The molecule has 2 N–H and O–H groups in total. The molecule has 0 aliphatic carbocycles. The lowest BCUT2D eigenvalue weighted by Gasteiger charge is -2.21. The summed E-state index contributed by atoms with van der Waals surface area (Å²) in [5, 5.41) is 2.94. The molecule has 1 aliphatic rings. The Balaban J connectivity index is 1.65. The lowest BCUT2D eigenvalue weighted by Crippen LogP contribution is -2.35. The van der Waals surface area contributed by atoms with Gasteiger partial charge in [-0.2, -0.15) is 0 Å². The number of amides is 2. The lowest BCUT2D eigenvalue weighted by atomic mass is 10.0. The summed E-state index contributed by atoms with van der Waals surface area (Å²) < 4.78 is 25.8. The first-order chi connectivity index (χ1) is 15.2. The minimum absolute atomic E-state index is 0.0711. The van der Waals surface area contributed by atoms with E-state index >= 15 is 0 Å². The molecule has 0 bridgehead atoms. The maximum atomic E-state index is 12.9. The predicted octanol–water partition coefficient (Wildman–Crippen LogP) is 3.63. The van der Waals surface area contributed by atoms with Gasteiger partial charge in [-0.15, -0.1) is 0 Å². The highest BCUT2D eigenvalue weighted by molar-refractivity contribution is 7.92. The molecule has 1 saturated heterocycles. The zero-order chi connectivity index (χ0) is 23.3. The quantitative estimate of drug-likeness (QED) is 0.601. The predicted molar refractivity (Wildman–Crippen MR) is 127 cm³/mol. The summed E-state index contributed by atoms with van der Waals surface area (Å²) in [7, 11) is -3.45. The number of hydrogen-bond donors (Lipinski definition) is 2. The molecule has 2 aromatic carbocycles. The maximum absolute atomic E-state index is 12.9. The molecule has 0 saturated carbocycles. The zero-order valence-corrected chi connectivity index (χ0v) is 19.6. The molecule has 2 amide bonds. The molecule has 2 unspecified atom stereocenters. The van der Waals surface area contributed by atoms with Crippen LogP contribution in [0.5, 0.6) is 0 Å². The van der Waals surface area contributed by atoms with E-state index in [2.05, 4.69) is 17.0 Å². The van der Waals surface area contributed by atoms with Crippen molar-refractivity contribution in [1.29, 1.82) is 0 Å². The van der Waals surface area contributed by atoms with E-state index in [0.29, 0.717) is 17.8 Å². The average Bonchev–Trinajstić information content (AvgIpc) is 3.13. The van der Waals surface area contributed by atoms with Crippen LogP contribution in [0.25, 0.3) is 0 Å². The van der Waals surface area contributed by atoms with E-state index in [4.69, 9.17) is 0 Å². The van der Waals surface area contributed by atoms with E-state index in [-0.39, 0.29) is 18.2 Å². The Morgan fingerprint density at radius 3 is 2.50 bits per heavy atom. The number of nitrogens with zero attached hydrogens (tertiary/aromatic N) is 1. The van der Waals surface area contributed by atoms with E-state index in [9.17, 15) is 18.0 Å². The topological polar surface area (TPSA) is 95.6 Å². The Bertz CT molecular complexity index is 1070. The fourth-order valence-corrected chi connectivity index (χ4v) is 4.52. The van der Waals surface area contributed by atoms with Crippen LogP contribution in [0.4, 0.5) is 11.4 Å². The van der Waals surface area contributed by atoms with Gasteiger partial charge in [-0.1, -0.05) is 43.7 Å². The SMILES string of the molecule is CCCCc1ccc(N2CC(C(=O)NC(C)c3ccccc3NS(C)(=O)=O)CC2=O)cc1. The number of para-hydroxylation sites is 1. The molecule has 2 aromatic rings. The fourth-order valence-electron chi connectivity index (χ4n) is 3.93. The van der Waals surface area contributed by atoms with Crippen LogP contribution in [0.15, 0.2) is 48.5 Å². The minimum atomic E-state index is -3.45. The number of anilines is 2. The molecule has 1 fully saturated rings. The smallest absolute Gasteiger partial charge is 0.229 e. The van der Waals surface area contributed by atoms with Gasteiger partial charge >= 0.3 is 0 Å². The van der Waals surface area contributed by atoms with Gasteiger partial charge in [0.1, 0.15) is 0 Å². The summed E-state index contributed by atoms with van der Waals surface area (Å²) in [5.74, 6) is -0.750. The van der Waals surface area contributed by atoms with Gasteiger partial charge in [0.15, 0.2) is 0 Å². The number of aryl methyl sites for hydroxylation is 1. The molecule has 1 aliphatic heterocycles. The van der Waals surface area contributed by atoms with Crippen molar-refractivity contribution in [3.05, 3.63) is 59.7 Å². The molecule has 8 heteroatoms. The molecule has 3 rings (SSSR count). The second-order valence-corrected chi connectivity index (χ2v) is 10.1. The van der Waals surface area contributed by atoms with Crippen LogP contribution in [-0.4, -0.2) is 33.0 Å². The highest BCUT2D eigenvalue weighted by atomic mass is 32.2. The fraction of sp³-hybridized carbons (Fsp3) is 0.417. The zero-order valence-electron chi connectivity index (χ0n) is 18.8. The number of sulfonamides is 1. The van der Waals surface area contributed by atoms with E-state index < -0.39 is 22.0 Å². The van der Waals surface area contributed by atoms with Crippen molar-refractivity contribution in [2.24, 2.45) is 5.92 Å². The van der Waals surface area contributed by atoms with Gasteiger partial charge in [0, 0.05) is 18.7 Å². The minimum Gasteiger partial charge on any atom is -0.349 e. The molecule has 172 valence electrons. The second kappa shape index (κ2) is 10.2. The van der Waals surface area contributed by atoms with Crippen LogP contribution >= 0.6 is 0 Å². The van der Waals surface area contributed by atoms with Crippen LogP contribution < -0.4 is 14.9 Å². The first-order valence-electron chi connectivity index (χ1n) is 10.9. The number of hydrogen-bond acceptors (Lipinski definition) is 4. The van der Waals surface area contributed by atoms with Crippen molar-refractivity contribution in [3.8, 4) is 0 Å². The number of unbranched alkanes of at least 4 members (excludes halogenated alkanes) is 1. The third-order valence-electron chi connectivity index (χ3n) is 5.64. The number of benzene rings is 2. The van der Waals surface area contributed by atoms with Crippen LogP contribution in [0.2, 0.25) is 0 Å². The highest BCUT2D eigenvalue weighted by Gasteiger charge is 2.35. The highest BCUT2D eigenvalue weighted by Crippen LogP contribution is 2.28. The van der Waals surface area contributed by atoms with Gasteiger partial charge in [-0.05, 0) is 49.1 Å². The Morgan fingerprint density at radius 1 is 1.16 bits per heavy atom. The summed E-state index contributed by atoms with van der Waals surface area (Å²) in [4.78, 5) is 27.1. The van der Waals surface area contributed by atoms with Crippen molar-refractivity contribution >= 4 is 33.2 Å². The monoisotopic (exact) mass is 457 g/mol. The Kier molecular flexibility index (Phi) is 7.56. The van der Waals surface area contributed by atoms with Crippen molar-refractivity contribution in [2.45, 2.75) is 45.6 Å². The first kappa shape index (κ1) is 23.8. The third-order valence-corrected chi connectivity index (χ3v) is 6.23. The van der Waals surface area contributed by atoms with Crippen molar-refractivity contribution in [2.75, 3.05) is 22.4 Å². The van der Waals surface area contributed by atoms with Gasteiger partial charge in [-0.3, -0.25) is 14.3 Å². The Morgan fingerprint density at radius 2 is 1.84 bits per heavy atom. The van der Waals surface area contributed by atoms with Crippen LogP contribution in [0.1, 0.15) is 50.3 Å². The largest absolute Gasteiger partial charge is 0.349 e. The molecular weight excluding hydrogens is 426 g/mol. The average molecular weight is 458 g/mol. The van der Waals surface area contributed by atoms with Crippen LogP contribution in [0, 0.1) is 5.92 Å². The first-order valence-corrected chi connectivity index (χ1v) is 12.8. The number of nitrogens with one attached hydrogen (secondary N) is 2. The van der Waals surface area contributed by atoms with E-state index in [1.54, 1.807) is 36.1 Å². The van der Waals surface area contributed by atoms with Crippen molar-refractivity contribution < 1.29 is 18.0 Å².